The van der Waals surface area contributed by atoms with Crippen molar-refractivity contribution >= 4 is 11.7 Å². The molecule has 1 aromatic heterocycles. The number of nitrogens with one attached hydrogen (secondary N) is 1. The second-order valence-electron chi connectivity index (χ2n) is 5.30. The molecule has 0 atom stereocenters. The molecule has 0 aliphatic rings. The summed E-state index contributed by atoms with van der Waals surface area (Å²) in [5.74, 6) is 0.924. The summed E-state index contributed by atoms with van der Waals surface area (Å²) in [5.41, 5.74) is 3.26. The van der Waals surface area contributed by atoms with Crippen molar-refractivity contribution in [2.45, 2.75) is 19.9 Å². The molecule has 0 aliphatic carbocycles. The van der Waals surface area contributed by atoms with Crippen molar-refractivity contribution in [2.24, 2.45) is 0 Å². The van der Waals surface area contributed by atoms with Crippen LogP contribution in [0.25, 0.3) is 0 Å². The molecule has 0 unspecified atom stereocenters. The van der Waals surface area contributed by atoms with Crippen LogP contribution < -0.4 is 10.2 Å². The minimum Gasteiger partial charge on any atom is -0.363 e. The smallest absolute Gasteiger partial charge is 0.224 e. The minimum absolute atomic E-state index is 0.0347. The van der Waals surface area contributed by atoms with Gasteiger partial charge in [0.2, 0.25) is 5.91 Å². The van der Waals surface area contributed by atoms with Crippen LogP contribution >= 0.6 is 0 Å². The lowest BCUT2D eigenvalue weighted by Crippen LogP contribution is -2.25. The molecule has 0 bridgehead atoms. The molecule has 0 saturated carbocycles. The third-order valence-corrected chi connectivity index (χ3v) is 3.37. The van der Waals surface area contributed by atoms with E-state index < -0.39 is 0 Å². The number of carbonyl (C=O) groups excluding carboxylic acids is 1. The predicted molar refractivity (Wildman–Crippen MR) is 85.3 cm³/mol. The van der Waals surface area contributed by atoms with E-state index in [0.717, 1.165) is 22.5 Å². The number of rotatable bonds is 5. The minimum atomic E-state index is 0.0347. The van der Waals surface area contributed by atoms with Crippen LogP contribution in [0.5, 0.6) is 0 Å². The summed E-state index contributed by atoms with van der Waals surface area (Å²) in [6.07, 6.45) is 2.18. The third kappa shape index (κ3) is 4.31. The van der Waals surface area contributed by atoms with Crippen LogP contribution in [0.2, 0.25) is 0 Å². The van der Waals surface area contributed by atoms with Crippen molar-refractivity contribution < 1.29 is 4.79 Å². The Balaban J connectivity index is 1.92. The Bertz CT molecular complexity index is 623. The average molecular weight is 283 g/mol. The summed E-state index contributed by atoms with van der Waals surface area (Å²) in [4.78, 5) is 18.2. The third-order valence-electron chi connectivity index (χ3n) is 3.37. The number of hydrogen-bond acceptors (Lipinski definition) is 3. The Morgan fingerprint density at radius 1 is 1.24 bits per heavy atom. The lowest BCUT2D eigenvalue weighted by Gasteiger charge is -2.12. The molecule has 2 rings (SSSR count). The van der Waals surface area contributed by atoms with Crippen LogP contribution in [0.1, 0.15) is 16.7 Å². The van der Waals surface area contributed by atoms with Gasteiger partial charge in [0.25, 0.3) is 0 Å². The van der Waals surface area contributed by atoms with E-state index in [9.17, 15) is 4.79 Å². The number of hydrogen-bond donors (Lipinski definition) is 1. The first kappa shape index (κ1) is 15.0. The van der Waals surface area contributed by atoms with Gasteiger partial charge in [-0.1, -0.05) is 24.3 Å². The van der Waals surface area contributed by atoms with E-state index in [2.05, 4.69) is 10.3 Å². The Morgan fingerprint density at radius 3 is 2.71 bits per heavy atom. The van der Waals surface area contributed by atoms with E-state index in [1.54, 1.807) is 6.20 Å². The first-order valence-corrected chi connectivity index (χ1v) is 6.99. The van der Waals surface area contributed by atoms with E-state index in [4.69, 9.17) is 0 Å². The van der Waals surface area contributed by atoms with Gasteiger partial charge in [0.1, 0.15) is 5.82 Å². The highest BCUT2D eigenvalue weighted by Gasteiger charge is 2.06. The second-order valence-corrected chi connectivity index (χ2v) is 5.30. The van der Waals surface area contributed by atoms with Crippen LogP contribution in [-0.4, -0.2) is 25.0 Å². The summed E-state index contributed by atoms with van der Waals surface area (Å²) in [7, 11) is 3.89. The van der Waals surface area contributed by atoms with Crippen molar-refractivity contribution in [3.63, 3.8) is 0 Å². The number of carbonyl (C=O) groups is 1. The van der Waals surface area contributed by atoms with Gasteiger partial charge in [-0.25, -0.2) is 4.98 Å². The number of nitrogens with zero attached hydrogens (tertiary/aromatic N) is 2. The van der Waals surface area contributed by atoms with E-state index >= 15 is 0 Å². The van der Waals surface area contributed by atoms with Gasteiger partial charge >= 0.3 is 0 Å². The fourth-order valence-electron chi connectivity index (χ4n) is 2.06. The van der Waals surface area contributed by atoms with Crippen LogP contribution in [0.3, 0.4) is 0 Å². The van der Waals surface area contributed by atoms with Crippen molar-refractivity contribution in [1.82, 2.24) is 10.3 Å². The van der Waals surface area contributed by atoms with E-state index in [1.807, 2.05) is 62.3 Å². The Morgan fingerprint density at radius 2 is 2.00 bits per heavy atom. The molecule has 0 radical (unpaired) electrons. The van der Waals surface area contributed by atoms with Gasteiger partial charge in [-0.15, -0.1) is 0 Å². The standard InChI is InChI=1S/C17H21N3O/c1-13-6-4-5-7-15(13)11-17(21)19-12-14-8-9-18-16(10-14)20(2)3/h4-10H,11-12H2,1-3H3,(H,19,21). The molecule has 110 valence electrons. The van der Waals surface area contributed by atoms with Gasteiger partial charge in [-0.3, -0.25) is 4.79 Å². The molecule has 1 heterocycles. The summed E-state index contributed by atoms with van der Waals surface area (Å²) >= 11 is 0. The molecule has 21 heavy (non-hydrogen) atoms. The molecule has 0 spiro atoms. The first-order chi connectivity index (χ1) is 10.1. The molecular formula is C17H21N3O. The summed E-state index contributed by atoms with van der Waals surface area (Å²) in [5, 5.41) is 2.96. The van der Waals surface area contributed by atoms with Crippen molar-refractivity contribution in [3.8, 4) is 0 Å². The highest BCUT2D eigenvalue weighted by molar-refractivity contribution is 5.78. The molecule has 0 aliphatic heterocycles. The quantitative estimate of drug-likeness (QED) is 0.916. The normalized spacial score (nSPS) is 10.2. The molecule has 4 nitrogen and oxygen atoms in total. The molecule has 4 heteroatoms. The maximum Gasteiger partial charge on any atom is 0.224 e. The van der Waals surface area contributed by atoms with Crippen LogP contribution in [0.4, 0.5) is 5.82 Å². The highest BCUT2D eigenvalue weighted by atomic mass is 16.1. The molecule has 1 amide bonds. The van der Waals surface area contributed by atoms with Crippen LogP contribution in [-0.2, 0) is 17.8 Å². The summed E-state index contributed by atoms with van der Waals surface area (Å²) < 4.78 is 0. The summed E-state index contributed by atoms with van der Waals surface area (Å²) in [6, 6.07) is 11.9. The molecule has 0 saturated heterocycles. The van der Waals surface area contributed by atoms with Crippen molar-refractivity contribution in [3.05, 3.63) is 59.3 Å². The zero-order valence-corrected chi connectivity index (χ0v) is 12.8. The molecule has 1 N–H and O–H groups in total. The fourth-order valence-corrected chi connectivity index (χ4v) is 2.06. The number of aromatic nitrogens is 1. The van der Waals surface area contributed by atoms with Crippen molar-refractivity contribution in [1.29, 1.82) is 0 Å². The average Bonchev–Trinajstić information content (AvgIpc) is 2.48. The van der Waals surface area contributed by atoms with Gasteiger partial charge in [0.05, 0.1) is 6.42 Å². The molecular weight excluding hydrogens is 262 g/mol. The fraction of sp³-hybridized carbons (Fsp3) is 0.294. The lowest BCUT2D eigenvalue weighted by atomic mass is 10.1. The maximum absolute atomic E-state index is 12.0. The zero-order chi connectivity index (χ0) is 15.2. The predicted octanol–water partition coefficient (Wildman–Crippen LogP) is 2.31. The van der Waals surface area contributed by atoms with Gasteiger partial charge in [0.15, 0.2) is 0 Å². The van der Waals surface area contributed by atoms with Gasteiger partial charge < -0.3 is 10.2 Å². The molecule has 2 aromatic rings. The van der Waals surface area contributed by atoms with E-state index in [1.165, 1.54) is 0 Å². The monoisotopic (exact) mass is 283 g/mol. The largest absolute Gasteiger partial charge is 0.363 e. The molecule has 1 aromatic carbocycles. The SMILES string of the molecule is Cc1ccccc1CC(=O)NCc1ccnc(N(C)C)c1. The number of benzene rings is 1. The maximum atomic E-state index is 12.0. The van der Waals surface area contributed by atoms with Gasteiger partial charge in [0, 0.05) is 26.8 Å². The summed E-state index contributed by atoms with van der Waals surface area (Å²) in [6.45, 7) is 2.54. The first-order valence-electron chi connectivity index (χ1n) is 6.99. The van der Waals surface area contributed by atoms with Crippen LogP contribution in [0.15, 0.2) is 42.6 Å². The van der Waals surface area contributed by atoms with E-state index in [-0.39, 0.29) is 5.91 Å². The zero-order valence-electron chi connectivity index (χ0n) is 12.8. The number of amides is 1. The number of anilines is 1. The van der Waals surface area contributed by atoms with E-state index in [0.29, 0.717) is 13.0 Å². The van der Waals surface area contributed by atoms with Gasteiger partial charge in [-0.05, 0) is 35.7 Å². The van der Waals surface area contributed by atoms with Crippen LogP contribution in [0, 0.1) is 6.92 Å². The topological polar surface area (TPSA) is 45.2 Å². The Kier molecular flexibility index (Phi) is 4.93. The second kappa shape index (κ2) is 6.88. The Labute approximate surface area is 125 Å². The van der Waals surface area contributed by atoms with Gasteiger partial charge in [-0.2, -0.15) is 0 Å². The number of pyridine rings is 1. The molecule has 0 fully saturated rings. The highest BCUT2D eigenvalue weighted by Crippen LogP contribution is 2.10. The Hall–Kier alpha value is -2.36. The van der Waals surface area contributed by atoms with Crippen molar-refractivity contribution in [2.75, 3.05) is 19.0 Å². The number of aryl methyl sites for hydroxylation is 1. The lowest BCUT2D eigenvalue weighted by molar-refractivity contribution is -0.120.